The summed E-state index contributed by atoms with van der Waals surface area (Å²) in [6, 6.07) is 10.2. The molecule has 10 nitrogen and oxygen atoms in total. The van der Waals surface area contributed by atoms with Gasteiger partial charge in [-0.25, -0.2) is 9.79 Å². The standard InChI is InChI=1S/C24H21N3O7S/c1-13-20(23(29)34-4)21(15-7-10-17(32-2)18(12-15)33-3)26-22(28)19(35-24(26)25-13)11-14-5-8-16(9-6-14)27(30)31/h5-12,21H,1-4H3. The van der Waals surface area contributed by atoms with Crippen LogP contribution in [-0.4, -0.2) is 36.8 Å². The van der Waals surface area contributed by atoms with Crippen LogP contribution in [0.25, 0.3) is 6.08 Å². The lowest BCUT2D eigenvalue weighted by Gasteiger charge is -2.25. The van der Waals surface area contributed by atoms with E-state index in [2.05, 4.69) is 4.99 Å². The van der Waals surface area contributed by atoms with Crippen molar-refractivity contribution in [1.82, 2.24) is 4.57 Å². The molecule has 0 aliphatic carbocycles. The Morgan fingerprint density at radius 2 is 1.80 bits per heavy atom. The van der Waals surface area contributed by atoms with Crippen molar-refractivity contribution in [2.24, 2.45) is 4.99 Å². The second-order valence-corrected chi connectivity index (χ2v) is 8.55. The molecule has 0 spiro atoms. The molecule has 0 radical (unpaired) electrons. The van der Waals surface area contributed by atoms with Crippen LogP contribution in [0.5, 0.6) is 11.5 Å². The molecule has 1 atom stereocenters. The number of benzene rings is 2. The summed E-state index contributed by atoms with van der Waals surface area (Å²) in [5.41, 5.74) is 1.48. The van der Waals surface area contributed by atoms with Gasteiger partial charge in [-0.2, -0.15) is 0 Å². The molecule has 0 amide bonds. The number of nitrogens with zero attached hydrogens (tertiary/aromatic N) is 3. The van der Waals surface area contributed by atoms with Crippen molar-refractivity contribution in [3.05, 3.63) is 94.7 Å². The number of esters is 1. The van der Waals surface area contributed by atoms with Gasteiger partial charge in [-0.15, -0.1) is 0 Å². The minimum atomic E-state index is -0.808. The number of methoxy groups -OCH3 is 3. The van der Waals surface area contributed by atoms with Crippen LogP contribution in [0.2, 0.25) is 0 Å². The molecular weight excluding hydrogens is 474 g/mol. The maximum Gasteiger partial charge on any atom is 0.338 e. The highest BCUT2D eigenvalue weighted by atomic mass is 32.1. The van der Waals surface area contributed by atoms with Gasteiger partial charge in [0.15, 0.2) is 16.3 Å². The number of thiazole rings is 1. The van der Waals surface area contributed by atoms with Crippen molar-refractivity contribution in [3.8, 4) is 11.5 Å². The third kappa shape index (κ3) is 4.33. The largest absolute Gasteiger partial charge is 0.493 e. The first-order chi connectivity index (χ1) is 16.8. The second kappa shape index (κ2) is 9.55. The third-order valence-corrected chi connectivity index (χ3v) is 6.53. The van der Waals surface area contributed by atoms with Gasteiger partial charge in [0.1, 0.15) is 0 Å². The molecule has 2 heterocycles. The van der Waals surface area contributed by atoms with Gasteiger partial charge in [0, 0.05) is 12.1 Å². The summed E-state index contributed by atoms with van der Waals surface area (Å²) in [4.78, 5) is 41.7. The van der Waals surface area contributed by atoms with E-state index in [1.54, 1.807) is 43.3 Å². The van der Waals surface area contributed by atoms with Crippen LogP contribution in [0.15, 0.2) is 63.5 Å². The van der Waals surface area contributed by atoms with E-state index in [0.29, 0.717) is 37.7 Å². The molecule has 1 aromatic heterocycles. The van der Waals surface area contributed by atoms with Gasteiger partial charge in [-0.3, -0.25) is 19.5 Å². The van der Waals surface area contributed by atoms with Crippen molar-refractivity contribution in [2.75, 3.05) is 21.3 Å². The Morgan fingerprint density at radius 1 is 1.11 bits per heavy atom. The highest BCUT2D eigenvalue weighted by Crippen LogP contribution is 2.35. The summed E-state index contributed by atoms with van der Waals surface area (Å²) in [6.45, 7) is 1.69. The normalized spacial score (nSPS) is 15.3. The van der Waals surface area contributed by atoms with E-state index in [1.807, 2.05) is 0 Å². The Morgan fingerprint density at radius 3 is 2.40 bits per heavy atom. The van der Waals surface area contributed by atoms with Crippen LogP contribution in [-0.2, 0) is 9.53 Å². The smallest absolute Gasteiger partial charge is 0.338 e. The van der Waals surface area contributed by atoms with E-state index in [4.69, 9.17) is 14.2 Å². The number of non-ortho nitro benzene ring substituents is 1. The molecule has 2 aromatic carbocycles. The van der Waals surface area contributed by atoms with E-state index in [0.717, 1.165) is 11.3 Å². The summed E-state index contributed by atoms with van der Waals surface area (Å²) in [5, 5.41) is 10.9. The lowest BCUT2D eigenvalue weighted by Crippen LogP contribution is -2.39. The van der Waals surface area contributed by atoms with Crippen LogP contribution in [0.1, 0.15) is 24.1 Å². The number of rotatable bonds is 6. The average Bonchev–Trinajstić information content (AvgIpc) is 3.16. The quantitative estimate of drug-likeness (QED) is 0.292. The Hall–Kier alpha value is -4.25. The minimum Gasteiger partial charge on any atom is -0.493 e. The fourth-order valence-electron chi connectivity index (χ4n) is 3.87. The summed E-state index contributed by atoms with van der Waals surface area (Å²) < 4.78 is 17.6. The molecule has 0 saturated heterocycles. The molecule has 0 bridgehead atoms. The van der Waals surface area contributed by atoms with Gasteiger partial charge in [-0.05, 0) is 48.4 Å². The molecule has 0 fully saturated rings. The number of nitro benzene ring substituents is 1. The fraction of sp³-hybridized carbons (Fsp3) is 0.208. The van der Waals surface area contributed by atoms with E-state index < -0.39 is 16.9 Å². The van der Waals surface area contributed by atoms with Crippen molar-refractivity contribution in [2.45, 2.75) is 13.0 Å². The number of hydrogen-bond donors (Lipinski definition) is 0. The van der Waals surface area contributed by atoms with Gasteiger partial charge >= 0.3 is 5.97 Å². The molecule has 0 saturated carbocycles. The molecule has 1 aliphatic heterocycles. The Balaban J connectivity index is 1.93. The molecule has 1 aliphatic rings. The number of fused-ring (bicyclic) bond motifs is 1. The number of allylic oxidation sites excluding steroid dienone is 1. The van der Waals surface area contributed by atoms with Crippen LogP contribution in [0, 0.1) is 10.1 Å². The third-order valence-electron chi connectivity index (χ3n) is 5.55. The van der Waals surface area contributed by atoms with E-state index in [-0.39, 0.29) is 16.8 Å². The Kier molecular flexibility index (Phi) is 6.52. The van der Waals surface area contributed by atoms with Gasteiger partial charge < -0.3 is 14.2 Å². The Bertz CT molecular complexity index is 1530. The monoisotopic (exact) mass is 495 g/mol. The van der Waals surface area contributed by atoms with Crippen molar-refractivity contribution < 1.29 is 23.9 Å². The topological polar surface area (TPSA) is 122 Å². The molecule has 4 rings (SSSR count). The zero-order chi connectivity index (χ0) is 25.3. The van der Waals surface area contributed by atoms with Gasteiger partial charge in [0.05, 0.1) is 48.1 Å². The van der Waals surface area contributed by atoms with Crippen LogP contribution in [0.3, 0.4) is 0 Å². The molecule has 35 heavy (non-hydrogen) atoms. The van der Waals surface area contributed by atoms with Crippen LogP contribution < -0.4 is 24.4 Å². The number of hydrogen-bond acceptors (Lipinski definition) is 9. The second-order valence-electron chi connectivity index (χ2n) is 7.54. The first-order valence-corrected chi connectivity index (χ1v) is 11.2. The lowest BCUT2D eigenvalue weighted by atomic mass is 9.95. The SMILES string of the molecule is COC(=O)C1=C(C)N=c2sc(=Cc3ccc([N+](=O)[O-])cc3)c(=O)n2C1c1ccc(OC)c(OC)c1. The highest BCUT2D eigenvalue weighted by molar-refractivity contribution is 7.07. The fourth-order valence-corrected chi connectivity index (χ4v) is 4.92. The maximum atomic E-state index is 13.6. The van der Waals surface area contributed by atoms with Crippen LogP contribution >= 0.6 is 11.3 Å². The highest BCUT2D eigenvalue weighted by Gasteiger charge is 2.33. The van der Waals surface area contributed by atoms with Crippen LogP contribution in [0.4, 0.5) is 5.69 Å². The minimum absolute atomic E-state index is 0.0459. The molecule has 180 valence electrons. The number of carbonyl (C=O) groups excluding carboxylic acids is 1. The lowest BCUT2D eigenvalue weighted by molar-refractivity contribution is -0.384. The number of aromatic nitrogens is 1. The average molecular weight is 496 g/mol. The predicted molar refractivity (Wildman–Crippen MR) is 128 cm³/mol. The molecule has 1 unspecified atom stereocenters. The molecule has 0 N–H and O–H groups in total. The summed E-state index contributed by atoms with van der Waals surface area (Å²) >= 11 is 1.16. The molecule has 3 aromatic rings. The number of ether oxygens (including phenoxy) is 3. The van der Waals surface area contributed by atoms with Gasteiger partial charge in [0.25, 0.3) is 11.2 Å². The van der Waals surface area contributed by atoms with E-state index in [9.17, 15) is 19.7 Å². The predicted octanol–water partition coefficient (Wildman–Crippen LogP) is 2.33. The molecular formula is C24H21N3O7S. The Labute approximate surface area is 203 Å². The van der Waals surface area contributed by atoms with Crippen molar-refractivity contribution >= 4 is 29.1 Å². The first-order valence-electron chi connectivity index (χ1n) is 10.4. The molecule has 11 heteroatoms. The number of carbonyl (C=O) groups is 1. The summed E-state index contributed by atoms with van der Waals surface area (Å²) in [7, 11) is 4.29. The zero-order valence-corrected chi connectivity index (χ0v) is 20.1. The summed E-state index contributed by atoms with van der Waals surface area (Å²) in [6.07, 6.45) is 1.64. The number of nitro groups is 1. The van der Waals surface area contributed by atoms with Gasteiger partial charge in [0.2, 0.25) is 0 Å². The van der Waals surface area contributed by atoms with E-state index in [1.165, 1.54) is 38.0 Å². The summed E-state index contributed by atoms with van der Waals surface area (Å²) in [5.74, 6) is 0.342. The van der Waals surface area contributed by atoms with Crippen molar-refractivity contribution in [3.63, 3.8) is 0 Å². The zero-order valence-electron chi connectivity index (χ0n) is 19.3. The maximum absolute atomic E-state index is 13.6. The first kappa shape index (κ1) is 23.9. The van der Waals surface area contributed by atoms with Crippen molar-refractivity contribution in [1.29, 1.82) is 0 Å². The van der Waals surface area contributed by atoms with E-state index >= 15 is 0 Å². The van der Waals surface area contributed by atoms with Gasteiger partial charge in [-0.1, -0.05) is 17.4 Å².